The summed E-state index contributed by atoms with van der Waals surface area (Å²) in [4.78, 5) is 26.9. The number of carbonyl (C=O) groups excluding carboxylic acids is 2. The molecule has 1 heterocycles. The van der Waals surface area contributed by atoms with Crippen molar-refractivity contribution < 1.29 is 23.8 Å². The minimum Gasteiger partial charge on any atom is -0.494 e. The van der Waals surface area contributed by atoms with Crippen LogP contribution in [-0.2, 0) is 11.2 Å². The number of nitrogens with zero attached hydrogens (tertiary/aromatic N) is 1. The second-order valence-electron chi connectivity index (χ2n) is 7.41. The maximum Gasteiger partial charge on any atom is 0.322 e. The lowest BCUT2D eigenvalue weighted by atomic mass is 9.91. The van der Waals surface area contributed by atoms with E-state index in [0.717, 1.165) is 16.9 Å². The number of hydrogen-bond donors (Lipinski definition) is 2. The Morgan fingerprint density at radius 3 is 2.38 bits per heavy atom. The van der Waals surface area contributed by atoms with Gasteiger partial charge in [0.1, 0.15) is 5.75 Å². The Kier molecular flexibility index (Phi) is 7.81. The molecular formula is C24H31N3O5. The van der Waals surface area contributed by atoms with Crippen molar-refractivity contribution >= 4 is 17.6 Å². The topological polar surface area (TPSA) is 89.1 Å². The van der Waals surface area contributed by atoms with Crippen molar-refractivity contribution in [3.05, 3.63) is 47.5 Å². The summed E-state index contributed by atoms with van der Waals surface area (Å²) < 4.78 is 16.4. The molecule has 8 nitrogen and oxygen atoms in total. The fourth-order valence-corrected chi connectivity index (χ4v) is 3.82. The van der Waals surface area contributed by atoms with Gasteiger partial charge < -0.3 is 29.7 Å². The Morgan fingerprint density at radius 1 is 1.06 bits per heavy atom. The SMILES string of the molecule is CCOc1ccc(NC(=O)N2CCc3cc(OC)c(OC)cc3[C@H]2CNC(=O)CC)cc1. The fourth-order valence-electron chi connectivity index (χ4n) is 3.82. The van der Waals surface area contributed by atoms with Crippen LogP contribution in [0.25, 0.3) is 0 Å². The summed E-state index contributed by atoms with van der Waals surface area (Å²) in [5.74, 6) is 1.92. The number of urea groups is 1. The predicted octanol–water partition coefficient (Wildman–Crippen LogP) is 3.76. The van der Waals surface area contributed by atoms with E-state index in [0.29, 0.717) is 49.7 Å². The Hall–Kier alpha value is -3.42. The van der Waals surface area contributed by atoms with E-state index in [4.69, 9.17) is 14.2 Å². The molecule has 0 unspecified atom stereocenters. The van der Waals surface area contributed by atoms with Crippen molar-refractivity contribution in [3.63, 3.8) is 0 Å². The first kappa shape index (κ1) is 23.2. The normalized spacial score (nSPS) is 14.9. The molecule has 0 aliphatic carbocycles. The van der Waals surface area contributed by atoms with Crippen molar-refractivity contribution in [2.75, 3.05) is 39.2 Å². The van der Waals surface area contributed by atoms with Crippen LogP contribution in [0.4, 0.5) is 10.5 Å². The molecular weight excluding hydrogens is 410 g/mol. The van der Waals surface area contributed by atoms with E-state index in [1.807, 2.05) is 43.3 Å². The summed E-state index contributed by atoms with van der Waals surface area (Å²) >= 11 is 0. The van der Waals surface area contributed by atoms with Gasteiger partial charge >= 0.3 is 6.03 Å². The highest BCUT2D eigenvalue weighted by atomic mass is 16.5. The first-order chi connectivity index (χ1) is 15.5. The van der Waals surface area contributed by atoms with E-state index in [-0.39, 0.29) is 18.0 Å². The first-order valence-corrected chi connectivity index (χ1v) is 10.8. The largest absolute Gasteiger partial charge is 0.494 e. The summed E-state index contributed by atoms with van der Waals surface area (Å²) in [6, 6.07) is 10.5. The fraction of sp³-hybridized carbons (Fsp3) is 0.417. The number of benzene rings is 2. The third kappa shape index (κ3) is 5.25. The van der Waals surface area contributed by atoms with Crippen LogP contribution in [0.2, 0.25) is 0 Å². The maximum absolute atomic E-state index is 13.2. The third-order valence-corrected chi connectivity index (χ3v) is 5.49. The molecule has 0 saturated carbocycles. The van der Waals surface area contributed by atoms with E-state index in [2.05, 4.69) is 10.6 Å². The molecule has 8 heteroatoms. The van der Waals surface area contributed by atoms with E-state index < -0.39 is 0 Å². The smallest absolute Gasteiger partial charge is 0.322 e. The van der Waals surface area contributed by atoms with Crippen LogP contribution in [0.5, 0.6) is 17.2 Å². The van der Waals surface area contributed by atoms with Gasteiger partial charge in [-0.15, -0.1) is 0 Å². The van der Waals surface area contributed by atoms with Gasteiger partial charge in [0, 0.05) is 25.2 Å². The summed E-state index contributed by atoms with van der Waals surface area (Å²) in [5.41, 5.74) is 2.68. The molecule has 32 heavy (non-hydrogen) atoms. The van der Waals surface area contributed by atoms with Crippen LogP contribution in [-0.4, -0.2) is 50.8 Å². The number of hydrogen-bond acceptors (Lipinski definition) is 5. The van der Waals surface area contributed by atoms with E-state index in [1.165, 1.54) is 0 Å². The molecule has 2 aromatic rings. The van der Waals surface area contributed by atoms with Crippen LogP contribution in [0.15, 0.2) is 36.4 Å². The second kappa shape index (κ2) is 10.7. The summed E-state index contributed by atoms with van der Waals surface area (Å²) in [5, 5.41) is 5.89. The summed E-state index contributed by atoms with van der Waals surface area (Å²) in [6.07, 6.45) is 1.05. The lowest BCUT2D eigenvalue weighted by molar-refractivity contribution is -0.121. The molecule has 0 fully saturated rings. The Balaban J connectivity index is 1.86. The van der Waals surface area contributed by atoms with Crippen LogP contribution in [0.3, 0.4) is 0 Å². The number of nitrogens with one attached hydrogen (secondary N) is 2. The highest BCUT2D eigenvalue weighted by Crippen LogP contribution is 2.38. The Labute approximate surface area is 188 Å². The van der Waals surface area contributed by atoms with Gasteiger partial charge in [0.2, 0.25) is 5.91 Å². The van der Waals surface area contributed by atoms with Gasteiger partial charge in [-0.25, -0.2) is 4.79 Å². The molecule has 3 rings (SSSR count). The van der Waals surface area contributed by atoms with Gasteiger partial charge in [-0.3, -0.25) is 4.79 Å². The third-order valence-electron chi connectivity index (χ3n) is 5.49. The average Bonchev–Trinajstić information content (AvgIpc) is 2.82. The zero-order valence-electron chi connectivity index (χ0n) is 19.1. The van der Waals surface area contributed by atoms with Crippen molar-refractivity contribution in [2.45, 2.75) is 32.7 Å². The van der Waals surface area contributed by atoms with Gasteiger partial charge in [-0.1, -0.05) is 6.92 Å². The predicted molar refractivity (Wildman–Crippen MR) is 123 cm³/mol. The Morgan fingerprint density at radius 2 is 1.75 bits per heavy atom. The number of ether oxygens (including phenoxy) is 3. The minimum absolute atomic E-state index is 0.0653. The van der Waals surface area contributed by atoms with Gasteiger partial charge in [-0.05, 0) is 60.9 Å². The van der Waals surface area contributed by atoms with Crippen LogP contribution in [0.1, 0.15) is 37.4 Å². The summed E-state index contributed by atoms with van der Waals surface area (Å²) in [6.45, 7) is 5.13. The molecule has 1 aliphatic rings. The number of carbonyl (C=O) groups is 2. The molecule has 0 spiro atoms. The van der Waals surface area contributed by atoms with Crippen molar-refractivity contribution in [3.8, 4) is 17.2 Å². The summed E-state index contributed by atoms with van der Waals surface area (Å²) in [7, 11) is 3.18. The van der Waals surface area contributed by atoms with Crippen LogP contribution < -0.4 is 24.8 Å². The van der Waals surface area contributed by atoms with Gasteiger partial charge in [-0.2, -0.15) is 0 Å². The van der Waals surface area contributed by atoms with Gasteiger partial charge in [0.05, 0.1) is 26.9 Å². The molecule has 1 aliphatic heterocycles. The van der Waals surface area contributed by atoms with Gasteiger partial charge in [0.25, 0.3) is 0 Å². The minimum atomic E-state index is -0.336. The molecule has 3 amide bonds. The number of anilines is 1. The average molecular weight is 442 g/mol. The molecule has 0 saturated heterocycles. The monoisotopic (exact) mass is 441 g/mol. The zero-order chi connectivity index (χ0) is 23.1. The second-order valence-corrected chi connectivity index (χ2v) is 7.41. The van der Waals surface area contributed by atoms with Crippen molar-refractivity contribution in [2.24, 2.45) is 0 Å². The quantitative estimate of drug-likeness (QED) is 0.651. The van der Waals surface area contributed by atoms with E-state index in [1.54, 1.807) is 26.0 Å². The van der Waals surface area contributed by atoms with Crippen molar-refractivity contribution in [1.82, 2.24) is 10.2 Å². The van der Waals surface area contributed by atoms with Crippen molar-refractivity contribution in [1.29, 1.82) is 0 Å². The number of rotatable bonds is 8. The number of fused-ring (bicyclic) bond motifs is 1. The standard InChI is InChI=1S/C24H31N3O5/c1-5-23(28)25-15-20-19-14-22(31-4)21(30-3)13-16(19)11-12-27(20)24(29)26-17-7-9-18(10-8-17)32-6-2/h7-10,13-14,20H,5-6,11-12,15H2,1-4H3,(H,25,28)(H,26,29)/t20-/m1/s1. The van der Waals surface area contributed by atoms with Crippen LogP contribution in [0, 0.1) is 0 Å². The highest BCUT2D eigenvalue weighted by molar-refractivity contribution is 5.90. The zero-order valence-corrected chi connectivity index (χ0v) is 19.1. The molecule has 172 valence electrons. The van der Waals surface area contributed by atoms with Gasteiger partial charge in [0.15, 0.2) is 11.5 Å². The molecule has 0 aromatic heterocycles. The maximum atomic E-state index is 13.2. The highest BCUT2D eigenvalue weighted by Gasteiger charge is 2.32. The van der Waals surface area contributed by atoms with E-state index in [9.17, 15) is 9.59 Å². The molecule has 2 N–H and O–H groups in total. The first-order valence-electron chi connectivity index (χ1n) is 10.8. The molecule has 2 aromatic carbocycles. The van der Waals surface area contributed by atoms with E-state index >= 15 is 0 Å². The molecule has 0 bridgehead atoms. The molecule has 0 radical (unpaired) electrons. The van der Waals surface area contributed by atoms with Crippen LogP contribution >= 0.6 is 0 Å². The molecule has 1 atom stereocenters. The lowest BCUT2D eigenvalue weighted by Crippen LogP contribution is -2.46. The Bertz CT molecular complexity index is 945. The number of methoxy groups -OCH3 is 2. The number of amides is 3. The lowest BCUT2D eigenvalue weighted by Gasteiger charge is -2.38.